The summed E-state index contributed by atoms with van der Waals surface area (Å²) in [5.41, 5.74) is 6.83. The predicted molar refractivity (Wildman–Crippen MR) is 83.9 cm³/mol. The highest BCUT2D eigenvalue weighted by molar-refractivity contribution is 5.28. The van der Waals surface area contributed by atoms with E-state index in [0.29, 0.717) is 25.2 Å². The average Bonchev–Trinajstić information content (AvgIpc) is 2.44. The number of hydrogen-bond acceptors (Lipinski definition) is 3. The first-order chi connectivity index (χ1) is 9.70. The molecule has 1 aromatic carbocycles. The van der Waals surface area contributed by atoms with Crippen LogP contribution in [0.1, 0.15) is 45.1 Å². The van der Waals surface area contributed by atoms with Crippen LogP contribution in [0.15, 0.2) is 24.3 Å². The highest BCUT2D eigenvalue weighted by Gasteiger charge is 2.24. The zero-order valence-electron chi connectivity index (χ0n) is 12.8. The molecule has 0 saturated carbocycles. The molecule has 0 bridgehead atoms. The van der Waals surface area contributed by atoms with E-state index in [-0.39, 0.29) is 0 Å². The third kappa shape index (κ3) is 4.22. The van der Waals surface area contributed by atoms with Gasteiger partial charge in [-0.1, -0.05) is 18.6 Å². The molecule has 3 heteroatoms. The molecule has 2 rings (SSSR count). The van der Waals surface area contributed by atoms with Gasteiger partial charge in [0.05, 0.1) is 6.61 Å². The monoisotopic (exact) mass is 276 g/mol. The van der Waals surface area contributed by atoms with E-state index in [0.717, 1.165) is 18.7 Å². The van der Waals surface area contributed by atoms with Gasteiger partial charge in [-0.3, -0.25) is 4.90 Å². The second-order valence-electron chi connectivity index (χ2n) is 5.94. The molecule has 2 atom stereocenters. The van der Waals surface area contributed by atoms with Crippen molar-refractivity contribution in [3.8, 4) is 5.75 Å². The van der Waals surface area contributed by atoms with Crippen LogP contribution in [0.5, 0.6) is 5.75 Å². The van der Waals surface area contributed by atoms with Crippen molar-refractivity contribution < 1.29 is 4.74 Å². The molecule has 0 spiro atoms. The van der Waals surface area contributed by atoms with Gasteiger partial charge in [-0.05, 0) is 57.4 Å². The van der Waals surface area contributed by atoms with Crippen molar-refractivity contribution in [2.45, 2.75) is 58.2 Å². The zero-order valence-corrected chi connectivity index (χ0v) is 12.8. The highest BCUT2D eigenvalue weighted by Crippen LogP contribution is 2.25. The summed E-state index contributed by atoms with van der Waals surface area (Å²) < 4.78 is 5.73. The summed E-state index contributed by atoms with van der Waals surface area (Å²) in [5, 5.41) is 0. The summed E-state index contributed by atoms with van der Waals surface area (Å²) in [6.07, 6.45) is 4.90. The van der Waals surface area contributed by atoms with E-state index in [9.17, 15) is 0 Å². The molecule has 1 saturated heterocycles. The van der Waals surface area contributed by atoms with Gasteiger partial charge in [0, 0.05) is 18.6 Å². The maximum absolute atomic E-state index is 5.73. The SMILES string of the molecule is CC1CCCC(C)N1Cc1cccc(OCCCN)c1. The molecule has 0 radical (unpaired) electrons. The maximum Gasteiger partial charge on any atom is 0.119 e. The van der Waals surface area contributed by atoms with Crippen molar-refractivity contribution in [3.05, 3.63) is 29.8 Å². The van der Waals surface area contributed by atoms with E-state index >= 15 is 0 Å². The Morgan fingerprint density at radius 3 is 2.70 bits per heavy atom. The summed E-state index contributed by atoms with van der Waals surface area (Å²) >= 11 is 0. The normalized spacial score (nSPS) is 23.8. The average molecular weight is 276 g/mol. The first kappa shape index (κ1) is 15.3. The third-order valence-corrected chi connectivity index (χ3v) is 4.26. The van der Waals surface area contributed by atoms with Crippen molar-refractivity contribution in [2.24, 2.45) is 5.73 Å². The minimum Gasteiger partial charge on any atom is -0.494 e. The summed E-state index contributed by atoms with van der Waals surface area (Å²) in [7, 11) is 0. The molecule has 2 unspecified atom stereocenters. The maximum atomic E-state index is 5.73. The number of piperidine rings is 1. The molecule has 0 amide bonds. The Hall–Kier alpha value is -1.06. The van der Waals surface area contributed by atoms with Gasteiger partial charge in [0.15, 0.2) is 0 Å². The minimum absolute atomic E-state index is 0.681. The Kier molecular flexibility index (Phi) is 5.86. The van der Waals surface area contributed by atoms with Crippen molar-refractivity contribution in [2.75, 3.05) is 13.2 Å². The lowest BCUT2D eigenvalue weighted by Crippen LogP contribution is -2.42. The van der Waals surface area contributed by atoms with Crippen LogP contribution in [0.4, 0.5) is 0 Å². The van der Waals surface area contributed by atoms with E-state index in [1.54, 1.807) is 0 Å². The van der Waals surface area contributed by atoms with E-state index in [2.05, 4.69) is 36.9 Å². The quantitative estimate of drug-likeness (QED) is 0.811. The van der Waals surface area contributed by atoms with Crippen LogP contribution < -0.4 is 10.5 Å². The zero-order chi connectivity index (χ0) is 14.4. The number of ether oxygens (including phenoxy) is 1. The molecule has 0 aliphatic carbocycles. The van der Waals surface area contributed by atoms with Crippen LogP contribution in [0.2, 0.25) is 0 Å². The molecule has 2 N–H and O–H groups in total. The van der Waals surface area contributed by atoms with Gasteiger partial charge in [-0.2, -0.15) is 0 Å². The number of nitrogens with zero attached hydrogens (tertiary/aromatic N) is 1. The van der Waals surface area contributed by atoms with Gasteiger partial charge in [-0.25, -0.2) is 0 Å². The number of hydrogen-bond donors (Lipinski definition) is 1. The Balaban J connectivity index is 1.96. The molecule has 1 aliphatic heterocycles. The number of benzene rings is 1. The smallest absolute Gasteiger partial charge is 0.119 e. The summed E-state index contributed by atoms with van der Waals surface area (Å²) in [4.78, 5) is 2.61. The van der Waals surface area contributed by atoms with Crippen LogP contribution in [0.25, 0.3) is 0 Å². The second kappa shape index (κ2) is 7.65. The van der Waals surface area contributed by atoms with E-state index in [1.165, 1.54) is 24.8 Å². The van der Waals surface area contributed by atoms with E-state index in [4.69, 9.17) is 10.5 Å². The van der Waals surface area contributed by atoms with Crippen molar-refractivity contribution in [1.82, 2.24) is 4.90 Å². The topological polar surface area (TPSA) is 38.5 Å². The van der Waals surface area contributed by atoms with Gasteiger partial charge in [0.25, 0.3) is 0 Å². The van der Waals surface area contributed by atoms with Gasteiger partial charge < -0.3 is 10.5 Å². The highest BCUT2D eigenvalue weighted by atomic mass is 16.5. The molecule has 112 valence electrons. The molecule has 1 heterocycles. The van der Waals surface area contributed by atoms with Crippen LogP contribution in [0.3, 0.4) is 0 Å². The standard InChI is InChI=1S/C17H28N2O/c1-14-6-3-7-15(2)19(14)13-16-8-4-9-17(12-16)20-11-5-10-18/h4,8-9,12,14-15H,3,5-7,10-11,13,18H2,1-2H3. The van der Waals surface area contributed by atoms with Crippen LogP contribution in [-0.4, -0.2) is 30.1 Å². The predicted octanol–water partition coefficient (Wildman–Crippen LogP) is 3.18. The van der Waals surface area contributed by atoms with Crippen molar-refractivity contribution >= 4 is 0 Å². The van der Waals surface area contributed by atoms with Gasteiger partial charge in [0.2, 0.25) is 0 Å². The first-order valence-corrected chi connectivity index (χ1v) is 7.88. The van der Waals surface area contributed by atoms with Crippen molar-refractivity contribution in [3.63, 3.8) is 0 Å². The Morgan fingerprint density at radius 1 is 1.25 bits per heavy atom. The first-order valence-electron chi connectivity index (χ1n) is 7.88. The second-order valence-corrected chi connectivity index (χ2v) is 5.94. The lowest BCUT2D eigenvalue weighted by atomic mass is 9.97. The molecule has 3 nitrogen and oxygen atoms in total. The van der Waals surface area contributed by atoms with Crippen LogP contribution >= 0.6 is 0 Å². The molecular weight excluding hydrogens is 248 g/mol. The van der Waals surface area contributed by atoms with Crippen LogP contribution in [0, 0.1) is 0 Å². The number of nitrogens with two attached hydrogens (primary N) is 1. The van der Waals surface area contributed by atoms with Crippen molar-refractivity contribution in [1.29, 1.82) is 0 Å². The summed E-state index contributed by atoms with van der Waals surface area (Å²) in [6.45, 7) is 7.10. The van der Waals surface area contributed by atoms with Crippen LogP contribution in [-0.2, 0) is 6.54 Å². The fourth-order valence-electron chi connectivity index (χ4n) is 3.00. The molecular formula is C17H28N2O. The van der Waals surface area contributed by atoms with E-state index < -0.39 is 0 Å². The molecule has 20 heavy (non-hydrogen) atoms. The molecule has 1 aliphatic rings. The Labute approximate surface area is 123 Å². The minimum atomic E-state index is 0.681. The number of likely N-dealkylation sites (tertiary alicyclic amines) is 1. The fraction of sp³-hybridized carbons (Fsp3) is 0.647. The van der Waals surface area contributed by atoms with Gasteiger partial charge in [0.1, 0.15) is 5.75 Å². The summed E-state index contributed by atoms with van der Waals surface area (Å²) in [5.74, 6) is 0.966. The third-order valence-electron chi connectivity index (χ3n) is 4.26. The molecule has 1 fully saturated rings. The lowest BCUT2D eigenvalue weighted by molar-refractivity contribution is 0.0952. The van der Waals surface area contributed by atoms with E-state index in [1.807, 2.05) is 6.07 Å². The number of rotatable bonds is 6. The Morgan fingerprint density at radius 2 is 2.00 bits per heavy atom. The van der Waals surface area contributed by atoms with Gasteiger partial charge >= 0.3 is 0 Å². The summed E-state index contributed by atoms with van der Waals surface area (Å²) in [6, 6.07) is 9.85. The largest absolute Gasteiger partial charge is 0.494 e. The fourth-order valence-corrected chi connectivity index (χ4v) is 3.00. The van der Waals surface area contributed by atoms with Gasteiger partial charge in [-0.15, -0.1) is 0 Å². The molecule has 0 aromatic heterocycles. The molecule has 1 aromatic rings. The Bertz CT molecular complexity index is 398. The lowest BCUT2D eigenvalue weighted by Gasteiger charge is -2.39.